The molecule has 0 atom stereocenters. The van der Waals surface area contributed by atoms with Crippen molar-refractivity contribution in [2.75, 3.05) is 23.0 Å². The Kier molecular flexibility index (Phi) is 39.3. The van der Waals surface area contributed by atoms with E-state index in [1.165, 1.54) is 87.7 Å². The molecule has 0 rings (SSSR count). The molecule has 0 aromatic rings. The predicted molar refractivity (Wildman–Crippen MR) is 162 cm³/mol. The van der Waals surface area contributed by atoms with Gasteiger partial charge in [0.05, 0.1) is 11.5 Å². The van der Waals surface area contributed by atoms with Crippen LogP contribution in [-0.2, 0) is 9.59 Å². The normalized spacial score (nSPS) is 10.5. The Morgan fingerprint density at radius 1 is 0.629 bits per heavy atom. The predicted octanol–water partition coefficient (Wildman–Crippen LogP) is 9.17. The van der Waals surface area contributed by atoms with Crippen molar-refractivity contribution in [1.82, 2.24) is 0 Å². The second-order valence-electron chi connectivity index (χ2n) is 9.84. The molecule has 0 saturated heterocycles. The monoisotopic (exact) mass is 642 g/mol. The summed E-state index contributed by atoms with van der Waals surface area (Å²) < 4.78 is 3.25. The Hall–Kier alpha value is 0.439. The molecule has 0 aliphatic carbocycles. The number of unbranched alkanes of at least 4 members (excludes halogenated alkanes) is 6. The minimum atomic E-state index is -0.702. The van der Waals surface area contributed by atoms with Gasteiger partial charge >= 0.3 is 81.5 Å². The standard InChI is InChI=1S/2C10H20O2S.2C4H9.Sn/c2*1-9(2)6-4-3-5-7-13-8-10(11)12;2*1-3-4-2;/h2*9H,3-8H2,1-2H3,(H,11,12);2*1,3-4H2,2H3;. The molecule has 0 heterocycles. The number of thioether (sulfide) groups is 2. The van der Waals surface area contributed by atoms with E-state index in [1.54, 1.807) is 8.87 Å². The average Bonchev–Trinajstić information content (AvgIpc) is 2.78. The van der Waals surface area contributed by atoms with E-state index in [9.17, 15) is 9.59 Å². The summed E-state index contributed by atoms with van der Waals surface area (Å²) in [6.07, 6.45) is 15.8. The van der Waals surface area contributed by atoms with Gasteiger partial charge in [0.15, 0.2) is 0 Å². The van der Waals surface area contributed by atoms with Crippen molar-refractivity contribution in [2.24, 2.45) is 11.8 Å². The van der Waals surface area contributed by atoms with Gasteiger partial charge in [-0.05, 0) is 36.2 Å². The van der Waals surface area contributed by atoms with E-state index in [0.29, 0.717) is 0 Å². The van der Waals surface area contributed by atoms with Gasteiger partial charge in [0, 0.05) is 0 Å². The van der Waals surface area contributed by atoms with Crippen LogP contribution in [0.5, 0.6) is 0 Å². The zero-order valence-electron chi connectivity index (χ0n) is 23.9. The van der Waals surface area contributed by atoms with Crippen molar-refractivity contribution < 1.29 is 19.8 Å². The first-order chi connectivity index (χ1) is 16.7. The van der Waals surface area contributed by atoms with Gasteiger partial charge in [-0.2, -0.15) is 23.5 Å². The van der Waals surface area contributed by atoms with Crippen molar-refractivity contribution in [3.8, 4) is 0 Å². The summed E-state index contributed by atoms with van der Waals surface area (Å²) in [6.45, 7) is 13.5. The third kappa shape index (κ3) is 51.8. The van der Waals surface area contributed by atoms with Crippen LogP contribution < -0.4 is 0 Å². The van der Waals surface area contributed by atoms with Gasteiger partial charge in [-0.3, -0.25) is 9.59 Å². The van der Waals surface area contributed by atoms with Crippen LogP contribution in [-0.4, -0.2) is 66.3 Å². The molecule has 0 bridgehead atoms. The van der Waals surface area contributed by atoms with Gasteiger partial charge in [-0.15, -0.1) is 0 Å². The van der Waals surface area contributed by atoms with E-state index in [-0.39, 0.29) is 32.6 Å². The third-order valence-corrected chi connectivity index (χ3v) is 11.1. The molecule has 2 radical (unpaired) electrons. The average molecular weight is 642 g/mol. The van der Waals surface area contributed by atoms with Gasteiger partial charge in [0.1, 0.15) is 0 Å². The van der Waals surface area contributed by atoms with Gasteiger partial charge in [-0.1, -0.05) is 66.2 Å². The number of aliphatic carboxylic acids is 2. The molecule has 0 aromatic carbocycles. The number of carbonyl (C=O) groups is 2. The van der Waals surface area contributed by atoms with Crippen molar-refractivity contribution >= 4 is 56.6 Å². The number of rotatable bonds is 22. The summed E-state index contributed by atoms with van der Waals surface area (Å²) in [5.74, 6) is 2.68. The molecule has 4 nitrogen and oxygen atoms in total. The van der Waals surface area contributed by atoms with Crippen LogP contribution in [0.3, 0.4) is 0 Å². The molecule has 0 spiro atoms. The van der Waals surface area contributed by atoms with E-state index in [1.807, 2.05) is 0 Å². The Morgan fingerprint density at radius 3 is 1.29 bits per heavy atom. The van der Waals surface area contributed by atoms with E-state index >= 15 is 0 Å². The topological polar surface area (TPSA) is 74.6 Å². The van der Waals surface area contributed by atoms with Gasteiger partial charge in [0.2, 0.25) is 0 Å². The van der Waals surface area contributed by atoms with Gasteiger partial charge in [-0.25, -0.2) is 0 Å². The SMILES string of the molecule is CC(C)CCCCCSCC(=O)O.CC(C)CCCCCSCC(=O)O.CCC[CH2][Sn][CH2]CCC. The molecule has 0 aliphatic heterocycles. The first-order valence-electron chi connectivity index (χ1n) is 14.0. The van der Waals surface area contributed by atoms with Crippen molar-refractivity contribution in [1.29, 1.82) is 0 Å². The summed E-state index contributed by atoms with van der Waals surface area (Å²) in [4.78, 5) is 20.3. The fourth-order valence-electron chi connectivity index (χ4n) is 2.91. The number of hydrogen-bond donors (Lipinski definition) is 2. The molecule has 0 aromatic heterocycles. The Balaban J connectivity index is -0.000000448. The molecular formula is C28H58O4S2Sn. The summed E-state index contributed by atoms with van der Waals surface area (Å²) in [6, 6.07) is 0. The molecule has 35 heavy (non-hydrogen) atoms. The van der Waals surface area contributed by atoms with E-state index in [0.717, 1.165) is 36.2 Å². The number of hydrogen-bond acceptors (Lipinski definition) is 4. The van der Waals surface area contributed by atoms with Crippen LogP contribution in [0.1, 0.15) is 119 Å². The zero-order valence-corrected chi connectivity index (χ0v) is 28.4. The van der Waals surface area contributed by atoms with Crippen molar-refractivity contribution in [3.63, 3.8) is 0 Å². The van der Waals surface area contributed by atoms with Crippen LogP contribution in [0, 0.1) is 11.8 Å². The van der Waals surface area contributed by atoms with Crippen LogP contribution in [0.25, 0.3) is 0 Å². The van der Waals surface area contributed by atoms with Crippen LogP contribution in [0.2, 0.25) is 8.87 Å². The second kappa shape index (κ2) is 34.4. The van der Waals surface area contributed by atoms with E-state index < -0.39 is 11.9 Å². The third-order valence-electron chi connectivity index (χ3n) is 5.01. The summed E-state index contributed by atoms with van der Waals surface area (Å²) >= 11 is 3.19. The van der Waals surface area contributed by atoms with Gasteiger partial charge < -0.3 is 10.2 Å². The van der Waals surface area contributed by atoms with Crippen molar-refractivity contribution in [3.05, 3.63) is 0 Å². The maximum atomic E-state index is 10.2. The van der Waals surface area contributed by atoms with Crippen LogP contribution in [0.15, 0.2) is 0 Å². The number of carboxylic acid groups (broad SMARTS) is 2. The molecular weight excluding hydrogens is 583 g/mol. The van der Waals surface area contributed by atoms with Crippen LogP contribution in [0.4, 0.5) is 0 Å². The molecule has 0 fully saturated rings. The van der Waals surface area contributed by atoms with Crippen LogP contribution >= 0.6 is 23.5 Å². The Morgan fingerprint density at radius 2 is 1.00 bits per heavy atom. The molecule has 0 unspecified atom stereocenters. The van der Waals surface area contributed by atoms with Crippen molar-refractivity contribution in [2.45, 2.75) is 127 Å². The molecule has 0 aliphatic rings. The molecule has 0 saturated carbocycles. The van der Waals surface area contributed by atoms with E-state index in [2.05, 4.69) is 41.5 Å². The first kappa shape index (κ1) is 39.9. The zero-order chi connectivity index (χ0) is 27.2. The quantitative estimate of drug-likeness (QED) is 0.0907. The fourth-order valence-corrected chi connectivity index (χ4v) is 8.53. The molecule has 210 valence electrons. The number of carboxylic acids is 2. The molecule has 0 amide bonds. The Bertz CT molecular complexity index is 397. The first-order valence-corrected chi connectivity index (χ1v) is 20.3. The molecule has 7 heteroatoms. The van der Waals surface area contributed by atoms with E-state index in [4.69, 9.17) is 10.2 Å². The minimum absolute atomic E-state index is 0.149. The second-order valence-corrected chi connectivity index (χ2v) is 16.3. The summed E-state index contributed by atoms with van der Waals surface area (Å²) in [5.41, 5.74) is 0. The van der Waals surface area contributed by atoms with Gasteiger partial charge in [0.25, 0.3) is 0 Å². The molecule has 2 N–H and O–H groups in total. The maximum absolute atomic E-state index is 10.2. The Labute approximate surface area is 237 Å². The summed E-state index contributed by atoms with van der Waals surface area (Å²) in [5, 5.41) is 16.7. The summed E-state index contributed by atoms with van der Waals surface area (Å²) in [7, 11) is 0. The fraction of sp³-hybridized carbons (Fsp3) is 0.929.